The van der Waals surface area contributed by atoms with Crippen molar-refractivity contribution in [3.8, 4) is 0 Å². The number of nitrogens with zero attached hydrogens (tertiary/aromatic N) is 4. The molecule has 0 amide bonds. The molecule has 1 aromatic rings. The molecule has 110 valence electrons. The minimum absolute atomic E-state index is 0.0136. The van der Waals surface area contributed by atoms with Crippen molar-refractivity contribution in [2.45, 2.75) is 38.3 Å². The Morgan fingerprint density at radius 2 is 2.05 bits per heavy atom. The fourth-order valence-corrected chi connectivity index (χ4v) is 3.76. The Hall–Kier alpha value is -1.21. The van der Waals surface area contributed by atoms with Gasteiger partial charge in [0, 0.05) is 37.2 Å². The highest BCUT2D eigenvalue weighted by atomic mass is 32.1. The van der Waals surface area contributed by atoms with Crippen LogP contribution in [0.25, 0.3) is 0 Å². The first kappa shape index (κ1) is 13.8. The molecule has 6 nitrogen and oxygen atoms in total. The third-order valence-electron chi connectivity index (χ3n) is 4.26. The third-order valence-corrected chi connectivity index (χ3v) is 5.12. The molecule has 2 fully saturated rings. The van der Waals surface area contributed by atoms with E-state index in [-0.39, 0.29) is 12.0 Å². The summed E-state index contributed by atoms with van der Waals surface area (Å²) in [5.74, 6) is 0.763. The highest BCUT2D eigenvalue weighted by molar-refractivity contribution is 7.09. The molecule has 2 aliphatic heterocycles. The van der Waals surface area contributed by atoms with Gasteiger partial charge in [0.25, 0.3) is 0 Å². The number of hydrogen-bond donors (Lipinski definition) is 0. The van der Waals surface area contributed by atoms with Gasteiger partial charge in [-0.3, -0.25) is 9.69 Å². The summed E-state index contributed by atoms with van der Waals surface area (Å²) in [6.07, 6.45) is 3.08. The lowest BCUT2D eigenvalue weighted by atomic mass is 9.94. The Bertz CT molecular complexity index is 484. The molecule has 7 heteroatoms. The molecule has 3 rings (SSSR count). The van der Waals surface area contributed by atoms with E-state index >= 15 is 0 Å². The topological polar surface area (TPSA) is 58.6 Å². The molecular formula is C13H20N4O2S. The Kier molecular flexibility index (Phi) is 3.89. The number of hydrogen-bond acceptors (Lipinski definition) is 7. The smallest absolute Gasteiger partial charge is 0.323 e. The van der Waals surface area contributed by atoms with Crippen molar-refractivity contribution in [1.29, 1.82) is 0 Å². The molecule has 0 aliphatic carbocycles. The summed E-state index contributed by atoms with van der Waals surface area (Å²) in [4.78, 5) is 20.7. The van der Waals surface area contributed by atoms with Gasteiger partial charge in [-0.2, -0.15) is 4.37 Å². The van der Waals surface area contributed by atoms with E-state index in [1.807, 2.05) is 6.92 Å². The van der Waals surface area contributed by atoms with E-state index in [2.05, 4.69) is 19.2 Å². The Morgan fingerprint density at radius 1 is 1.30 bits per heavy atom. The van der Waals surface area contributed by atoms with Crippen molar-refractivity contribution in [3.05, 3.63) is 5.82 Å². The summed E-state index contributed by atoms with van der Waals surface area (Å²) in [6.45, 7) is 4.92. The fraction of sp³-hybridized carbons (Fsp3) is 0.769. The second-order valence-corrected chi connectivity index (χ2v) is 6.14. The largest absolute Gasteiger partial charge is 0.468 e. The maximum Gasteiger partial charge on any atom is 0.323 e. The number of anilines is 1. The number of esters is 1. The molecule has 0 N–H and O–H groups in total. The predicted octanol–water partition coefficient (Wildman–Crippen LogP) is 1.06. The Balaban J connectivity index is 1.55. The number of carbonyl (C=O) groups excluding carboxylic acids is 1. The average Bonchev–Trinajstić information content (AvgIpc) is 2.85. The number of methoxy groups -OCH3 is 1. The van der Waals surface area contributed by atoms with Crippen molar-refractivity contribution in [3.63, 3.8) is 0 Å². The van der Waals surface area contributed by atoms with E-state index in [0.29, 0.717) is 6.04 Å². The van der Waals surface area contributed by atoms with Crippen LogP contribution < -0.4 is 4.90 Å². The molecule has 0 spiro atoms. The minimum Gasteiger partial charge on any atom is -0.468 e. The van der Waals surface area contributed by atoms with Gasteiger partial charge in [-0.25, -0.2) is 4.98 Å². The van der Waals surface area contributed by atoms with Crippen LogP contribution in [0.3, 0.4) is 0 Å². The maximum atomic E-state index is 11.6. The van der Waals surface area contributed by atoms with Crippen LogP contribution in [0.15, 0.2) is 0 Å². The summed E-state index contributed by atoms with van der Waals surface area (Å²) >= 11 is 1.47. The molecule has 1 aromatic heterocycles. The summed E-state index contributed by atoms with van der Waals surface area (Å²) in [6, 6.07) is 0.485. The molecule has 1 unspecified atom stereocenters. The first-order chi connectivity index (χ1) is 9.69. The van der Waals surface area contributed by atoms with Crippen LogP contribution in [0.5, 0.6) is 0 Å². The monoisotopic (exact) mass is 296 g/mol. The summed E-state index contributed by atoms with van der Waals surface area (Å²) in [5, 5.41) is 1.02. The minimum atomic E-state index is -0.0848. The molecule has 1 atom stereocenters. The number of aryl methyl sites for hydroxylation is 1. The van der Waals surface area contributed by atoms with Crippen molar-refractivity contribution in [2.75, 3.05) is 31.6 Å². The molecule has 0 bridgehead atoms. The molecule has 0 radical (unpaired) electrons. The summed E-state index contributed by atoms with van der Waals surface area (Å²) in [7, 11) is 1.47. The summed E-state index contributed by atoms with van der Waals surface area (Å²) < 4.78 is 9.10. The first-order valence-corrected chi connectivity index (χ1v) is 7.85. The number of ether oxygens (including phenoxy) is 1. The lowest BCUT2D eigenvalue weighted by Gasteiger charge is -2.47. The lowest BCUT2D eigenvalue weighted by molar-refractivity contribution is -0.154. The number of piperidine rings is 1. The van der Waals surface area contributed by atoms with Crippen LogP contribution in [0, 0.1) is 6.92 Å². The number of rotatable bonds is 3. The van der Waals surface area contributed by atoms with Crippen LogP contribution in [-0.4, -0.2) is 59.1 Å². The van der Waals surface area contributed by atoms with Crippen LogP contribution in [-0.2, 0) is 9.53 Å². The molecular weight excluding hydrogens is 276 g/mol. The van der Waals surface area contributed by atoms with E-state index in [9.17, 15) is 4.79 Å². The van der Waals surface area contributed by atoms with Crippen LogP contribution in [0.2, 0.25) is 0 Å². The molecule has 2 aliphatic rings. The van der Waals surface area contributed by atoms with Gasteiger partial charge in [0.15, 0.2) is 0 Å². The zero-order valence-corrected chi connectivity index (χ0v) is 12.7. The first-order valence-electron chi connectivity index (χ1n) is 7.08. The van der Waals surface area contributed by atoms with Gasteiger partial charge in [0.05, 0.1) is 7.11 Å². The number of carbonyl (C=O) groups is 1. The van der Waals surface area contributed by atoms with Crippen LogP contribution in [0.4, 0.5) is 5.13 Å². The molecule has 2 saturated heterocycles. The second-order valence-electron chi connectivity index (χ2n) is 5.41. The Morgan fingerprint density at radius 3 is 2.55 bits per heavy atom. The van der Waals surface area contributed by atoms with E-state index in [0.717, 1.165) is 49.9 Å². The number of likely N-dealkylation sites (tertiary alicyclic amines) is 1. The van der Waals surface area contributed by atoms with Crippen LogP contribution >= 0.6 is 11.5 Å². The Labute approximate surface area is 122 Å². The lowest BCUT2D eigenvalue weighted by Crippen LogP contribution is -2.59. The zero-order chi connectivity index (χ0) is 14.1. The highest BCUT2D eigenvalue weighted by Crippen LogP contribution is 2.29. The molecule has 0 aromatic carbocycles. The molecule has 0 saturated carbocycles. The summed E-state index contributed by atoms with van der Waals surface area (Å²) in [5.41, 5.74) is 0. The molecule has 3 heterocycles. The SMILES string of the molecule is COC(=O)C1CCN1C1CCN(c2nc(C)ns2)CC1. The van der Waals surface area contributed by atoms with Gasteiger partial charge >= 0.3 is 5.97 Å². The third kappa shape index (κ3) is 2.52. The second kappa shape index (κ2) is 5.65. The van der Waals surface area contributed by atoms with Gasteiger partial charge in [-0.1, -0.05) is 0 Å². The van der Waals surface area contributed by atoms with E-state index in [4.69, 9.17) is 4.74 Å². The van der Waals surface area contributed by atoms with Gasteiger partial charge in [0.2, 0.25) is 5.13 Å². The van der Waals surface area contributed by atoms with E-state index in [1.54, 1.807) is 0 Å². The van der Waals surface area contributed by atoms with Gasteiger partial charge < -0.3 is 9.64 Å². The van der Waals surface area contributed by atoms with Crippen LogP contribution in [0.1, 0.15) is 25.1 Å². The van der Waals surface area contributed by atoms with Gasteiger partial charge in [-0.15, -0.1) is 0 Å². The number of aromatic nitrogens is 2. The normalized spacial score (nSPS) is 24.5. The van der Waals surface area contributed by atoms with Crippen molar-refractivity contribution in [2.24, 2.45) is 0 Å². The quantitative estimate of drug-likeness (QED) is 0.778. The fourth-order valence-electron chi connectivity index (χ4n) is 3.04. The van der Waals surface area contributed by atoms with Gasteiger partial charge in [-0.05, 0) is 26.2 Å². The van der Waals surface area contributed by atoms with E-state index < -0.39 is 0 Å². The van der Waals surface area contributed by atoms with Crippen molar-refractivity contribution in [1.82, 2.24) is 14.3 Å². The van der Waals surface area contributed by atoms with Crippen molar-refractivity contribution < 1.29 is 9.53 Å². The highest BCUT2D eigenvalue weighted by Gasteiger charge is 2.40. The van der Waals surface area contributed by atoms with E-state index in [1.165, 1.54) is 18.6 Å². The predicted molar refractivity (Wildman–Crippen MR) is 77.0 cm³/mol. The van der Waals surface area contributed by atoms with Gasteiger partial charge in [0.1, 0.15) is 11.9 Å². The molecule has 20 heavy (non-hydrogen) atoms. The van der Waals surface area contributed by atoms with Crippen molar-refractivity contribution >= 4 is 22.6 Å². The standard InChI is InChI=1S/C13H20N4O2S/c1-9-14-13(20-15-9)16-6-3-10(4-7-16)17-8-5-11(17)12(18)19-2/h10-11H,3-8H2,1-2H3. The maximum absolute atomic E-state index is 11.6. The average molecular weight is 296 g/mol. The zero-order valence-electron chi connectivity index (χ0n) is 11.9.